The first-order valence-corrected chi connectivity index (χ1v) is 7.86. The Morgan fingerprint density at radius 2 is 2.00 bits per heavy atom. The topological polar surface area (TPSA) is 52.6 Å². The van der Waals surface area contributed by atoms with Gasteiger partial charge in [-0.05, 0) is 24.2 Å². The summed E-state index contributed by atoms with van der Waals surface area (Å²) < 4.78 is 0. The van der Waals surface area contributed by atoms with Crippen molar-refractivity contribution in [2.75, 3.05) is 26.2 Å². The molecule has 0 aromatic carbocycles. The van der Waals surface area contributed by atoms with Crippen LogP contribution in [0, 0.1) is 17.3 Å². The number of piperidine rings is 1. The van der Waals surface area contributed by atoms with Crippen molar-refractivity contribution >= 4 is 5.91 Å². The Balaban J connectivity index is 2.63. The van der Waals surface area contributed by atoms with E-state index in [2.05, 4.69) is 26.1 Å². The monoisotopic (exact) mass is 284 g/mol. The van der Waals surface area contributed by atoms with Crippen LogP contribution in [0.5, 0.6) is 0 Å². The number of aliphatic hydroxyl groups is 1. The number of hydrogen-bond acceptors (Lipinski definition) is 3. The molecule has 4 heteroatoms. The van der Waals surface area contributed by atoms with E-state index in [0.29, 0.717) is 12.0 Å². The molecule has 1 amide bonds. The van der Waals surface area contributed by atoms with Gasteiger partial charge in [0.2, 0.25) is 5.91 Å². The Hall–Kier alpha value is -0.610. The van der Waals surface area contributed by atoms with E-state index in [9.17, 15) is 9.90 Å². The van der Waals surface area contributed by atoms with E-state index in [0.717, 1.165) is 32.5 Å². The van der Waals surface area contributed by atoms with E-state index in [1.807, 2.05) is 18.7 Å². The summed E-state index contributed by atoms with van der Waals surface area (Å²) in [5.41, 5.74) is 0.247. The highest BCUT2D eigenvalue weighted by atomic mass is 16.3. The summed E-state index contributed by atoms with van der Waals surface area (Å²) in [4.78, 5) is 14.2. The SMILES string of the molecule is CC(C)C(=O)N1CC(CCO)CC(NCC(C)(C)C)C1. The summed E-state index contributed by atoms with van der Waals surface area (Å²) in [5, 5.41) is 12.8. The van der Waals surface area contributed by atoms with Crippen LogP contribution in [0.25, 0.3) is 0 Å². The Morgan fingerprint density at radius 3 is 2.50 bits per heavy atom. The molecular formula is C16H32N2O2. The lowest BCUT2D eigenvalue weighted by molar-refractivity contribution is -0.137. The fraction of sp³-hybridized carbons (Fsp3) is 0.938. The third kappa shape index (κ3) is 5.80. The Kier molecular flexibility index (Phi) is 6.46. The molecule has 0 aromatic rings. The van der Waals surface area contributed by atoms with Gasteiger partial charge >= 0.3 is 0 Å². The number of nitrogens with one attached hydrogen (secondary N) is 1. The minimum absolute atomic E-state index is 0.0474. The molecule has 1 saturated heterocycles. The van der Waals surface area contributed by atoms with Gasteiger partial charge in [-0.1, -0.05) is 34.6 Å². The maximum absolute atomic E-state index is 12.2. The number of carbonyl (C=O) groups excluding carboxylic acids is 1. The molecule has 0 aliphatic carbocycles. The van der Waals surface area contributed by atoms with Crippen LogP contribution in [-0.4, -0.2) is 48.2 Å². The van der Waals surface area contributed by atoms with Gasteiger partial charge in [-0.3, -0.25) is 4.79 Å². The second-order valence-corrected chi connectivity index (χ2v) is 7.65. The van der Waals surface area contributed by atoms with E-state index >= 15 is 0 Å². The molecule has 1 rings (SSSR count). The third-order valence-electron chi connectivity index (χ3n) is 3.80. The molecule has 0 radical (unpaired) electrons. The van der Waals surface area contributed by atoms with Crippen LogP contribution in [0.1, 0.15) is 47.5 Å². The minimum atomic E-state index is 0.0474. The van der Waals surface area contributed by atoms with Crippen molar-refractivity contribution in [3.8, 4) is 0 Å². The molecule has 0 saturated carbocycles. The Bertz CT molecular complexity index is 310. The minimum Gasteiger partial charge on any atom is -0.396 e. The number of amides is 1. The molecule has 0 bridgehead atoms. The molecule has 118 valence electrons. The zero-order valence-electron chi connectivity index (χ0n) is 13.8. The van der Waals surface area contributed by atoms with Crippen LogP contribution in [0.3, 0.4) is 0 Å². The second kappa shape index (κ2) is 7.41. The van der Waals surface area contributed by atoms with Gasteiger partial charge in [-0.25, -0.2) is 0 Å². The highest BCUT2D eigenvalue weighted by Gasteiger charge is 2.30. The van der Waals surface area contributed by atoms with Gasteiger partial charge in [0.25, 0.3) is 0 Å². The first kappa shape index (κ1) is 17.4. The molecule has 1 fully saturated rings. The van der Waals surface area contributed by atoms with Crippen LogP contribution >= 0.6 is 0 Å². The van der Waals surface area contributed by atoms with E-state index in [-0.39, 0.29) is 23.8 Å². The summed E-state index contributed by atoms with van der Waals surface area (Å²) in [5.74, 6) is 0.690. The molecule has 1 heterocycles. The molecule has 0 aromatic heterocycles. The predicted molar refractivity (Wildman–Crippen MR) is 82.5 cm³/mol. The maximum atomic E-state index is 12.2. The van der Waals surface area contributed by atoms with Crippen molar-refractivity contribution in [1.82, 2.24) is 10.2 Å². The normalized spacial score (nSPS) is 24.2. The first-order chi connectivity index (χ1) is 9.23. The number of rotatable bonds is 5. The maximum Gasteiger partial charge on any atom is 0.225 e. The molecule has 0 spiro atoms. The number of aliphatic hydroxyl groups excluding tert-OH is 1. The standard InChI is InChI=1S/C16H32N2O2/c1-12(2)15(20)18-9-13(6-7-19)8-14(10-18)17-11-16(3,4)5/h12-14,17,19H,6-11H2,1-5H3. The van der Waals surface area contributed by atoms with Gasteiger partial charge in [0, 0.05) is 38.2 Å². The van der Waals surface area contributed by atoms with E-state index in [1.54, 1.807) is 0 Å². The van der Waals surface area contributed by atoms with Crippen LogP contribution < -0.4 is 5.32 Å². The van der Waals surface area contributed by atoms with Gasteiger partial charge in [-0.15, -0.1) is 0 Å². The lowest BCUT2D eigenvalue weighted by atomic mass is 9.89. The van der Waals surface area contributed by atoms with E-state index in [4.69, 9.17) is 0 Å². The molecule has 2 atom stereocenters. The summed E-state index contributed by atoms with van der Waals surface area (Å²) in [6, 6.07) is 0.349. The van der Waals surface area contributed by atoms with Gasteiger partial charge in [-0.2, -0.15) is 0 Å². The average molecular weight is 284 g/mol. The number of nitrogens with zero attached hydrogens (tertiary/aromatic N) is 1. The molecule has 20 heavy (non-hydrogen) atoms. The molecule has 4 nitrogen and oxygen atoms in total. The fourth-order valence-electron chi connectivity index (χ4n) is 2.74. The summed E-state index contributed by atoms with van der Waals surface area (Å²) in [7, 11) is 0. The third-order valence-corrected chi connectivity index (χ3v) is 3.80. The van der Waals surface area contributed by atoms with Crippen molar-refractivity contribution in [2.45, 2.75) is 53.5 Å². The fourth-order valence-corrected chi connectivity index (χ4v) is 2.74. The summed E-state index contributed by atoms with van der Waals surface area (Å²) >= 11 is 0. The van der Waals surface area contributed by atoms with Crippen molar-refractivity contribution in [2.24, 2.45) is 17.3 Å². The van der Waals surface area contributed by atoms with Crippen molar-refractivity contribution in [1.29, 1.82) is 0 Å². The Labute approximate surface area is 123 Å². The zero-order valence-corrected chi connectivity index (χ0v) is 13.8. The van der Waals surface area contributed by atoms with Crippen molar-refractivity contribution < 1.29 is 9.90 Å². The molecule has 1 aliphatic heterocycles. The highest BCUT2D eigenvalue weighted by Crippen LogP contribution is 2.22. The molecule has 2 unspecified atom stereocenters. The Morgan fingerprint density at radius 1 is 1.35 bits per heavy atom. The lowest BCUT2D eigenvalue weighted by Gasteiger charge is -2.40. The van der Waals surface area contributed by atoms with Crippen LogP contribution in [-0.2, 0) is 4.79 Å². The second-order valence-electron chi connectivity index (χ2n) is 7.65. The summed E-state index contributed by atoms with van der Waals surface area (Å²) in [6.45, 7) is 13.3. The molecule has 1 aliphatic rings. The predicted octanol–water partition coefficient (Wildman–Crippen LogP) is 1.88. The van der Waals surface area contributed by atoms with Gasteiger partial charge < -0.3 is 15.3 Å². The van der Waals surface area contributed by atoms with Crippen LogP contribution in [0.4, 0.5) is 0 Å². The van der Waals surface area contributed by atoms with E-state index < -0.39 is 0 Å². The highest BCUT2D eigenvalue weighted by molar-refractivity contribution is 5.78. The summed E-state index contributed by atoms with van der Waals surface area (Å²) in [6.07, 6.45) is 1.84. The van der Waals surface area contributed by atoms with Gasteiger partial charge in [0.05, 0.1) is 0 Å². The lowest BCUT2D eigenvalue weighted by Crippen LogP contribution is -2.53. The smallest absolute Gasteiger partial charge is 0.225 e. The number of carbonyl (C=O) groups is 1. The largest absolute Gasteiger partial charge is 0.396 e. The zero-order chi connectivity index (χ0) is 15.3. The van der Waals surface area contributed by atoms with Gasteiger partial charge in [0.15, 0.2) is 0 Å². The van der Waals surface area contributed by atoms with Gasteiger partial charge in [0.1, 0.15) is 0 Å². The molecular weight excluding hydrogens is 252 g/mol. The average Bonchev–Trinajstić information content (AvgIpc) is 2.34. The van der Waals surface area contributed by atoms with Crippen LogP contribution in [0.15, 0.2) is 0 Å². The van der Waals surface area contributed by atoms with Crippen LogP contribution in [0.2, 0.25) is 0 Å². The number of likely N-dealkylation sites (tertiary alicyclic amines) is 1. The molecule has 2 N–H and O–H groups in total. The van der Waals surface area contributed by atoms with Crippen molar-refractivity contribution in [3.05, 3.63) is 0 Å². The number of hydrogen-bond donors (Lipinski definition) is 2. The van der Waals surface area contributed by atoms with E-state index in [1.165, 1.54) is 0 Å². The van der Waals surface area contributed by atoms with Crippen molar-refractivity contribution in [3.63, 3.8) is 0 Å². The first-order valence-electron chi connectivity index (χ1n) is 7.86. The quantitative estimate of drug-likeness (QED) is 0.810.